The van der Waals surface area contributed by atoms with Gasteiger partial charge in [-0.2, -0.15) is 14.9 Å². The number of aromatic nitrogens is 5. The summed E-state index contributed by atoms with van der Waals surface area (Å²) >= 11 is 0. The van der Waals surface area contributed by atoms with Crippen molar-refractivity contribution >= 4 is 22.7 Å². The lowest BCUT2D eigenvalue weighted by atomic mass is 10.1. The smallest absolute Gasteiger partial charge is 0.432 e. The van der Waals surface area contributed by atoms with Gasteiger partial charge in [0.25, 0.3) is 0 Å². The normalized spacial score (nSPS) is 11.2. The molecule has 0 radical (unpaired) electrons. The molecule has 0 bridgehead atoms. The second-order valence-corrected chi connectivity index (χ2v) is 5.89. The van der Waals surface area contributed by atoms with Crippen molar-refractivity contribution in [1.82, 2.24) is 24.5 Å². The molecular weight excluding hydrogens is 358 g/mol. The Labute approximate surface area is 150 Å². The molecule has 0 saturated heterocycles. The molecule has 10 heteroatoms. The highest BCUT2D eigenvalue weighted by Crippen LogP contribution is 2.32. The molecule has 0 aliphatic rings. The molecule has 0 amide bonds. The van der Waals surface area contributed by atoms with E-state index in [2.05, 4.69) is 15.2 Å². The van der Waals surface area contributed by atoms with Crippen molar-refractivity contribution in [3.63, 3.8) is 0 Å². The monoisotopic (exact) mass is 370 g/mol. The van der Waals surface area contributed by atoms with E-state index in [1.807, 2.05) is 0 Å². The number of rotatable bonds is 2. The fourth-order valence-corrected chi connectivity index (χ4v) is 2.89. The van der Waals surface area contributed by atoms with Gasteiger partial charge in [-0.05, 0) is 18.2 Å². The molecule has 0 aliphatic carbocycles. The number of benzene rings is 1. The highest BCUT2D eigenvalue weighted by atomic mass is 19.1. The van der Waals surface area contributed by atoms with Crippen LogP contribution in [0.15, 0.2) is 36.8 Å². The van der Waals surface area contributed by atoms with Gasteiger partial charge in [-0.1, -0.05) is 0 Å². The second kappa shape index (κ2) is 5.87. The fraction of sp³-hybridized carbons (Fsp3) is 0.0588. The molecule has 4 aromatic rings. The van der Waals surface area contributed by atoms with Crippen LogP contribution in [0.5, 0.6) is 0 Å². The number of aryl methyl sites for hydroxylation is 1. The van der Waals surface area contributed by atoms with Crippen LogP contribution in [-0.2, 0) is 7.05 Å². The average Bonchev–Trinajstić information content (AvgIpc) is 3.17. The van der Waals surface area contributed by atoms with Gasteiger partial charge >= 0.3 is 6.09 Å². The zero-order valence-electron chi connectivity index (χ0n) is 13.9. The van der Waals surface area contributed by atoms with Crippen LogP contribution in [0.3, 0.4) is 0 Å². The van der Waals surface area contributed by atoms with Crippen molar-refractivity contribution < 1.29 is 18.7 Å². The van der Waals surface area contributed by atoms with Crippen molar-refractivity contribution in [1.29, 1.82) is 0 Å². The molecule has 0 spiro atoms. The summed E-state index contributed by atoms with van der Waals surface area (Å²) in [5.74, 6) is -1.74. The molecule has 8 nitrogen and oxygen atoms in total. The molecule has 0 unspecified atom stereocenters. The molecule has 1 aromatic carbocycles. The Balaban J connectivity index is 2.01. The number of anilines is 1. The minimum absolute atomic E-state index is 0.00687. The number of nitrogens with zero attached hydrogens (tertiary/aromatic N) is 5. The maximum atomic E-state index is 14.3. The van der Waals surface area contributed by atoms with E-state index in [9.17, 15) is 18.7 Å². The van der Waals surface area contributed by atoms with Gasteiger partial charge in [0.2, 0.25) is 0 Å². The van der Waals surface area contributed by atoms with Crippen LogP contribution < -0.4 is 5.73 Å². The maximum Gasteiger partial charge on any atom is 0.432 e. The first-order chi connectivity index (χ1) is 12.8. The fourth-order valence-electron chi connectivity index (χ4n) is 2.89. The number of pyridine rings is 1. The number of halogens is 2. The number of hydrogen-bond donors (Lipinski definition) is 2. The average molecular weight is 370 g/mol. The van der Waals surface area contributed by atoms with E-state index < -0.39 is 17.7 Å². The summed E-state index contributed by atoms with van der Waals surface area (Å²) in [7, 11) is 1.70. The summed E-state index contributed by atoms with van der Waals surface area (Å²) in [6.07, 6.45) is 3.06. The van der Waals surface area contributed by atoms with Crippen molar-refractivity contribution in [3.8, 4) is 22.5 Å². The molecule has 3 heterocycles. The van der Waals surface area contributed by atoms with Gasteiger partial charge in [-0.25, -0.2) is 13.6 Å². The Bertz CT molecular complexity index is 1190. The first-order valence-corrected chi connectivity index (χ1v) is 7.71. The Morgan fingerprint density at radius 1 is 1.19 bits per heavy atom. The summed E-state index contributed by atoms with van der Waals surface area (Å²) in [6.45, 7) is 0. The van der Waals surface area contributed by atoms with Crippen LogP contribution in [0, 0.1) is 11.6 Å². The van der Waals surface area contributed by atoms with Gasteiger partial charge in [0.15, 0.2) is 0 Å². The van der Waals surface area contributed by atoms with Crippen LogP contribution in [0.4, 0.5) is 19.3 Å². The van der Waals surface area contributed by atoms with Gasteiger partial charge in [0.05, 0.1) is 29.2 Å². The predicted octanol–water partition coefficient (Wildman–Crippen LogP) is 2.89. The lowest BCUT2D eigenvalue weighted by molar-refractivity contribution is 0.194. The molecular formula is C17H12F2N6O2. The third-order valence-electron chi connectivity index (χ3n) is 4.05. The van der Waals surface area contributed by atoms with Gasteiger partial charge < -0.3 is 10.8 Å². The van der Waals surface area contributed by atoms with Gasteiger partial charge in [0.1, 0.15) is 17.3 Å². The zero-order chi connectivity index (χ0) is 19.3. The van der Waals surface area contributed by atoms with E-state index in [-0.39, 0.29) is 22.5 Å². The SMILES string of the molecule is Cn1cc(-c2nn(C(=O)O)c3cnc(-c4c(F)cc(N)cc4F)cc23)cn1. The summed E-state index contributed by atoms with van der Waals surface area (Å²) in [4.78, 5) is 15.5. The Morgan fingerprint density at radius 3 is 2.48 bits per heavy atom. The highest BCUT2D eigenvalue weighted by Gasteiger charge is 2.21. The number of nitrogens with two attached hydrogens (primary N) is 1. The lowest BCUT2D eigenvalue weighted by Gasteiger charge is -2.06. The summed E-state index contributed by atoms with van der Waals surface area (Å²) in [5.41, 5.74) is 6.08. The van der Waals surface area contributed by atoms with Crippen LogP contribution in [0.2, 0.25) is 0 Å². The third kappa shape index (κ3) is 2.67. The lowest BCUT2D eigenvalue weighted by Crippen LogP contribution is -2.09. The quantitative estimate of drug-likeness (QED) is 0.525. The van der Waals surface area contributed by atoms with Crippen molar-refractivity contribution in [2.24, 2.45) is 7.05 Å². The predicted molar refractivity (Wildman–Crippen MR) is 92.9 cm³/mol. The molecule has 0 saturated carbocycles. The van der Waals surface area contributed by atoms with E-state index in [1.54, 1.807) is 13.2 Å². The number of nitrogen functional groups attached to an aromatic ring is 1. The summed E-state index contributed by atoms with van der Waals surface area (Å²) < 4.78 is 30.8. The molecule has 0 fully saturated rings. The van der Waals surface area contributed by atoms with Gasteiger partial charge in [0, 0.05) is 29.9 Å². The first-order valence-electron chi connectivity index (χ1n) is 7.71. The Kier molecular flexibility index (Phi) is 3.62. The minimum Gasteiger partial charge on any atom is -0.463 e. The van der Waals surface area contributed by atoms with Crippen LogP contribution >= 0.6 is 0 Å². The van der Waals surface area contributed by atoms with Crippen LogP contribution in [-0.4, -0.2) is 35.7 Å². The Morgan fingerprint density at radius 2 is 1.89 bits per heavy atom. The van der Waals surface area contributed by atoms with E-state index in [4.69, 9.17) is 5.73 Å². The van der Waals surface area contributed by atoms with Gasteiger partial charge in [-0.15, -0.1) is 0 Å². The molecule has 0 atom stereocenters. The zero-order valence-corrected chi connectivity index (χ0v) is 13.9. The van der Waals surface area contributed by atoms with Crippen molar-refractivity contribution in [2.45, 2.75) is 0 Å². The number of fused-ring (bicyclic) bond motifs is 1. The third-order valence-corrected chi connectivity index (χ3v) is 4.05. The molecule has 0 aliphatic heterocycles. The minimum atomic E-state index is -1.31. The van der Waals surface area contributed by atoms with E-state index >= 15 is 0 Å². The number of carboxylic acid groups (broad SMARTS) is 1. The first kappa shape index (κ1) is 16.6. The highest BCUT2D eigenvalue weighted by molar-refractivity contribution is 5.98. The Hall–Kier alpha value is -3.82. The summed E-state index contributed by atoms with van der Waals surface area (Å²) in [5, 5.41) is 17.9. The summed E-state index contributed by atoms with van der Waals surface area (Å²) in [6, 6.07) is 3.38. The number of hydrogen-bond acceptors (Lipinski definition) is 5. The molecule has 3 N–H and O–H groups in total. The van der Waals surface area contributed by atoms with E-state index in [1.165, 1.54) is 23.1 Å². The molecule has 4 rings (SSSR count). The van der Waals surface area contributed by atoms with Crippen LogP contribution in [0.25, 0.3) is 33.4 Å². The molecule has 27 heavy (non-hydrogen) atoms. The van der Waals surface area contributed by atoms with E-state index in [0.717, 1.165) is 16.8 Å². The second-order valence-electron chi connectivity index (χ2n) is 5.89. The van der Waals surface area contributed by atoms with E-state index in [0.29, 0.717) is 16.6 Å². The largest absolute Gasteiger partial charge is 0.463 e. The van der Waals surface area contributed by atoms with Crippen LogP contribution in [0.1, 0.15) is 0 Å². The standard InChI is InChI=1S/C17H12F2N6O2/c1-24-7-8(5-22-24)16-10-4-13(15-11(18)2-9(20)3-12(15)19)21-6-14(10)25(23-16)17(26)27/h2-7H,20H2,1H3,(H,26,27). The molecule has 136 valence electrons. The maximum absolute atomic E-state index is 14.3. The molecule has 3 aromatic heterocycles. The van der Waals surface area contributed by atoms with Gasteiger partial charge in [-0.3, -0.25) is 9.67 Å². The topological polar surface area (TPSA) is 112 Å². The number of carbonyl (C=O) groups is 1. The van der Waals surface area contributed by atoms with Crippen molar-refractivity contribution in [2.75, 3.05) is 5.73 Å². The van der Waals surface area contributed by atoms with Crippen molar-refractivity contribution in [3.05, 3.63) is 48.4 Å².